The largest absolute Gasteiger partial charge is 0.492 e. The lowest BCUT2D eigenvalue weighted by molar-refractivity contribution is 0.0532. The maximum absolute atomic E-state index is 5.94. The summed E-state index contributed by atoms with van der Waals surface area (Å²) in [6.45, 7) is 9.03. The van der Waals surface area contributed by atoms with Gasteiger partial charge in [0.25, 0.3) is 0 Å². The topological polar surface area (TPSA) is 24.9 Å². The highest BCUT2D eigenvalue weighted by molar-refractivity contribution is 6.30. The van der Waals surface area contributed by atoms with E-state index in [2.05, 4.69) is 16.7 Å². The molecule has 2 rings (SSSR count). The first kappa shape index (κ1) is 16.6. The minimum atomic E-state index is 0.570. The van der Waals surface area contributed by atoms with Crippen LogP contribution in [0, 0.1) is 0 Å². The van der Waals surface area contributed by atoms with Gasteiger partial charge in [-0.25, -0.2) is 0 Å². The molecule has 1 saturated heterocycles. The van der Waals surface area contributed by atoms with Crippen molar-refractivity contribution in [3.8, 4) is 5.75 Å². The van der Waals surface area contributed by atoms with Gasteiger partial charge in [-0.2, -0.15) is 0 Å². The summed E-state index contributed by atoms with van der Waals surface area (Å²) >= 11 is 5.94. The number of benzene rings is 1. The van der Waals surface area contributed by atoms with Gasteiger partial charge in [-0.15, -0.1) is 0 Å². The van der Waals surface area contributed by atoms with Crippen LogP contribution in [0.15, 0.2) is 24.3 Å². The first-order valence-corrected chi connectivity index (χ1v) is 7.90. The van der Waals surface area contributed by atoms with Gasteiger partial charge in [-0.1, -0.05) is 17.7 Å². The zero-order chi connectivity index (χ0) is 15.1. The second kappa shape index (κ2) is 8.59. The Morgan fingerprint density at radius 2 is 2.10 bits per heavy atom. The van der Waals surface area contributed by atoms with Gasteiger partial charge in [0.05, 0.1) is 6.61 Å². The van der Waals surface area contributed by atoms with Gasteiger partial charge < -0.3 is 9.47 Å². The van der Waals surface area contributed by atoms with Crippen molar-refractivity contribution in [3.63, 3.8) is 0 Å². The highest BCUT2D eigenvalue weighted by Crippen LogP contribution is 2.17. The third kappa shape index (κ3) is 5.47. The van der Waals surface area contributed by atoms with E-state index < -0.39 is 0 Å². The van der Waals surface area contributed by atoms with E-state index >= 15 is 0 Å². The van der Waals surface area contributed by atoms with Crippen molar-refractivity contribution < 1.29 is 9.47 Å². The predicted octanol–water partition coefficient (Wildman–Crippen LogP) is 2.37. The average Bonchev–Trinajstić information content (AvgIpc) is 2.46. The van der Waals surface area contributed by atoms with Crippen molar-refractivity contribution in [2.45, 2.75) is 13.0 Å². The molecule has 0 amide bonds. The molecule has 0 saturated carbocycles. The number of piperazine rings is 1. The number of hydrogen-bond donors (Lipinski definition) is 0. The number of hydrogen-bond acceptors (Lipinski definition) is 4. The van der Waals surface area contributed by atoms with E-state index in [-0.39, 0.29) is 0 Å². The predicted molar refractivity (Wildman–Crippen MR) is 86.3 cm³/mol. The van der Waals surface area contributed by atoms with Crippen molar-refractivity contribution in [1.29, 1.82) is 0 Å². The van der Waals surface area contributed by atoms with Crippen molar-refractivity contribution >= 4 is 11.6 Å². The summed E-state index contributed by atoms with van der Waals surface area (Å²) in [6.07, 6.45) is 0. The molecule has 4 nitrogen and oxygen atoms in total. The lowest BCUT2D eigenvalue weighted by atomic mass is 10.2. The van der Waals surface area contributed by atoms with E-state index in [1.54, 1.807) is 7.11 Å². The average molecular weight is 313 g/mol. The van der Waals surface area contributed by atoms with E-state index in [0.717, 1.165) is 45.1 Å². The molecule has 1 aliphatic heterocycles. The van der Waals surface area contributed by atoms with Gasteiger partial charge in [0.1, 0.15) is 12.4 Å². The molecule has 0 radical (unpaired) electrons. The molecular weight excluding hydrogens is 288 g/mol. The van der Waals surface area contributed by atoms with E-state index in [1.165, 1.54) is 0 Å². The molecule has 1 atom stereocenters. The number of nitrogens with zero attached hydrogens (tertiary/aromatic N) is 2. The smallest absolute Gasteiger partial charge is 0.120 e. The highest BCUT2D eigenvalue weighted by atomic mass is 35.5. The molecule has 1 heterocycles. The Balaban J connectivity index is 1.68. The van der Waals surface area contributed by atoms with Crippen LogP contribution >= 0.6 is 11.6 Å². The third-order valence-corrected chi connectivity index (χ3v) is 4.14. The molecular formula is C16H25ClN2O2. The van der Waals surface area contributed by atoms with Crippen LogP contribution in [-0.4, -0.2) is 68.9 Å². The number of methoxy groups -OCH3 is 1. The van der Waals surface area contributed by atoms with Gasteiger partial charge in [-0.05, 0) is 25.1 Å². The Bertz CT molecular complexity index is 430. The summed E-state index contributed by atoms with van der Waals surface area (Å²) < 4.78 is 10.9. The van der Waals surface area contributed by atoms with Crippen LogP contribution < -0.4 is 4.74 Å². The molecule has 0 aromatic heterocycles. The Kier molecular flexibility index (Phi) is 6.77. The minimum Gasteiger partial charge on any atom is -0.492 e. The summed E-state index contributed by atoms with van der Waals surface area (Å²) in [5, 5.41) is 0.716. The first-order valence-electron chi connectivity index (χ1n) is 7.53. The van der Waals surface area contributed by atoms with Crippen LogP contribution in [0.3, 0.4) is 0 Å². The van der Waals surface area contributed by atoms with E-state index in [1.807, 2.05) is 24.3 Å². The SMILES string of the molecule is COCCN1CCN(CCOc2cccc(Cl)c2)C[C@@H]1C. The van der Waals surface area contributed by atoms with Crippen molar-refractivity contribution in [2.75, 3.05) is 53.0 Å². The summed E-state index contributed by atoms with van der Waals surface area (Å²) in [5.41, 5.74) is 0. The molecule has 0 aliphatic carbocycles. The second-order valence-electron chi connectivity index (χ2n) is 5.48. The fourth-order valence-corrected chi connectivity index (χ4v) is 2.84. The Morgan fingerprint density at radius 1 is 1.24 bits per heavy atom. The molecule has 1 aliphatic rings. The molecule has 0 N–H and O–H groups in total. The first-order chi connectivity index (χ1) is 10.2. The minimum absolute atomic E-state index is 0.570. The van der Waals surface area contributed by atoms with E-state index in [0.29, 0.717) is 17.7 Å². The van der Waals surface area contributed by atoms with E-state index in [4.69, 9.17) is 21.1 Å². The van der Waals surface area contributed by atoms with Crippen LogP contribution in [0.2, 0.25) is 5.02 Å². The van der Waals surface area contributed by atoms with Gasteiger partial charge in [0, 0.05) is 50.9 Å². The Morgan fingerprint density at radius 3 is 2.81 bits per heavy atom. The second-order valence-corrected chi connectivity index (χ2v) is 5.92. The van der Waals surface area contributed by atoms with Gasteiger partial charge >= 0.3 is 0 Å². The quantitative estimate of drug-likeness (QED) is 0.772. The number of rotatable bonds is 7. The van der Waals surface area contributed by atoms with E-state index in [9.17, 15) is 0 Å². The molecule has 21 heavy (non-hydrogen) atoms. The molecule has 118 valence electrons. The Hall–Kier alpha value is -0.810. The maximum Gasteiger partial charge on any atom is 0.120 e. The summed E-state index contributed by atoms with van der Waals surface area (Å²) in [4.78, 5) is 4.94. The maximum atomic E-state index is 5.94. The fourth-order valence-electron chi connectivity index (χ4n) is 2.66. The number of halogens is 1. The molecule has 1 fully saturated rings. The standard InChI is InChI=1S/C16H25ClN2O2/c1-14-13-18(6-7-19(14)9-10-20-2)8-11-21-16-5-3-4-15(17)12-16/h3-5,12,14H,6-11,13H2,1-2H3/t14-/m0/s1. The zero-order valence-electron chi connectivity index (χ0n) is 12.9. The van der Waals surface area contributed by atoms with Crippen LogP contribution in [0.25, 0.3) is 0 Å². The van der Waals surface area contributed by atoms with Crippen molar-refractivity contribution in [1.82, 2.24) is 9.80 Å². The monoisotopic (exact) mass is 312 g/mol. The van der Waals surface area contributed by atoms with Gasteiger partial charge in [0.15, 0.2) is 0 Å². The number of ether oxygens (including phenoxy) is 2. The van der Waals surface area contributed by atoms with Crippen LogP contribution in [0.4, 0.5) is 0 Å². The van der Waals surface area contributed by atoms with Crippen LogP contribution in [0.1, 0.15) is 6.92 Å². The normalized spacial score (nSPS) is 20.6. The molecule has 0 unspecified atom stereocenters. The van der Waals surface area contributed by atoms with Gasteiger partial charge in [-0.3, -0.25) is 9.80 Å². The fraction of sp³-hybridized carbons (Fsp3) is 0.625. The van der Waals surface area contributed by atoms with Crippen molar-refractivity contribution in [3.05, 3.63) is 29.3 Å². The molecule has 0 bridgehead atoms. The summed E-state index contributed by atoms with van der Waals surface area (Å²) in [7, 11) is 1.76. The Labute approximate surface area is 132 Å². The highest BCUT2D eigenvalue weighted by Gasteiger charge is 2.22. The third-order valence-electron chi connectivity index (χ3n) is 3.90. The molecule has 0 spiro atoms. The molecule has 1 aromatic carbocycles. The summed E-state index contributed by atoms with van der Waals surface area (Å²) in [6, 6.07) is 8.13. The lowest BCUT2D eigenvalue weighted by Crippen LogP contribution is -2.53. The van der Waals surface area contributed by atoms with Crippen LogP contribution in [0.5, 0.6) is 5.75 Å². The van der Waals surface area contributed by atoms with Gasteiger partial charge in [0.2, 0.25) is 0 Å². The molecule has 1 aromatic rings. The lowest BCUT2D eigenvalue weighted by Gasteiger charge is -2.39. The zero-order valence-corrected chi connectivity index (χ0v) is 13.7. The molecule has 5 heteroatoms. The van der Waals surface area contributed by atoms with Crippen molar-refractivity contribution in [2.24, 2.45) is 0 Å². The summed E-state index contributed by atoms with van der Waals surface area (Å²) in [5.74, 6) is 0.842. The van der Waals surface area contributed by atoms with Crippen LogP contribution in [-0.2, 0) is 4.74 Å².